The standard InChI is InChI=1S/C21H23ClN4O2/c1-13(2)20-24-11-15(12-25-20)21(27)26-16-4-7-17(8-5-16)28-18-6-3-14(10-23)19(22)9-18/h3,6,9,11-13,16-17H,4-5,7-8H2,1-2H3,(H,26,27). The molecule has 146 valence electrons. The maximum atomic E-state index is 12.4. The molecule has 0 spiro atoms. The summed E-state index contributed by atoms with van der Waals surface area (Å²) >= 11 is 6.05. The molecule has 0 radical (unpaired) electrons. The number of halogens is 1. The average molecular weight is 399 g/mol. The molecule has 1 aromatic heterocycles. The van der Waals surface area contributed by atoms with E-state index < -0.39 is 0 Å². The molecule has 6 nitrogen and oxygen atoms in total. The maximum absolute atomic E-state index is 12.4. The first-order valence-corrected chi connectivity index (χ1v) is 9.83. The van der Waals surface area contributed by atoms with Crippen molar-refractivity contribution in [1.82, 2.24) is 15.3 Å². The molecule has 1 fully saturated rings. The van der Waals surface area contributed by atoms with Gasteiger partial charge in [0.15, 0.2) is 0 Å². The molecule has 1 aromatic carbocycles. The molecule has 0 aliphatic heterocycles. The number of amides is 1. The van der Waals surface area contributed by atoms with Crippen LogP contribution < -0.4 is 10.1 Å². The topological polar surface area (TPSA) is 87.9 Å². The van der Waals surface area contributed by atoms with Gasteiger partial charge in [0.1, 0.15) is 17.6 Å². The van der Waals surface area contributed by atoms with E-state index in [4.69, 9.17) is 21.6 Å². The highest BCUT2D eigenvalue weighted by molar-refractivity contribution is 6.31. The minimum Gasteiger partial charge on any atom is -0.490 e. The van der Waals surface area contributed by atoms with Gasteiger partial charge in [0.25, 0.3) is 5.91 Å². The van der Waals surface area contributed by atoms with E-state index in [1.165, 1.54) is 0 Å². The van der Waals surface area contributed by atoms with E-state index >= 15 is 0 Å². The lowest BCUT2D eigenvalue weighted by Crippen LogP contribution is -2.39. The first-order valence-electron chi connectivity index (χ1n) is 9.45. The maximum Gasteiger partial charge on any atom is 0.254 e. The third kappa shape index (κ3) is 4.99. The normalized spacial score (nSPS) is 19.1. The zero-order chi connectivity index (χ0) is 20.1. The van der Waals surface area contributed by atoms with Gasteiger partial charge >= 0.3 is 0 Å². The zero-order valence-corrected chi connectivity index (χ0v) is 16.7. The highest BCUT2D eigenvalue weighted by atomic mass is 35.5. The Kier molecular flexibility index (Phi) is 6.48. The van der Waals surface area contributed by atoms with Crippen LogP contribution in [0.25, 0.3) is 0 Å². The smallest absolute Gasteiger partial charge is 0.254 e. The van der Waals surface area contributed by atoms with Crippen LogP contribution in [0, 0.1) is 11.3 Å². The number of nitrogens with zero attached hydrogens (tertiary/aromatic N) is 3. The SMILES string of the molecule is CC(C)c1ncc(C(=O)NC2CCC(Oc3ccc(C#N)c(Cl)c3)CC2)cn1. The Morgan fingerprint density at radius 3 is 2.50 bits per heavy atom. The van der Waals surface area contributed by atoms with E-state index in [1.807, 2.05) is 19.9 Å². The molecular weight excluding hydrogens is 376 g/mol. The van der Waals surface area contributed by atoms with Crippen molar-refractivity contribution in [2.45, 2.75) is 57.6 Å². The minimum atomic E-state index is -0.140. The highest BCUT2D eigenvalue weighted by Gasteiger charge is 2.24. The van der Waals surface area contributed by atoms with Crippen LogP contribution in [0.3, 0.4) is 0 Å². The van der Waals surface area contributed by atoms with Crippen LogP contribution in [0.4, 0.5) is 0 Å². The summed E-state index contributed by atoms with van der Waals surface area (Å²) in [5.41, 5.74) is 0.917. The fourth-order valence-electron chi connectivity index (χ4n) is 3.20. The number of carbonyl (C=O) groups excluding carboxylic acids is 1. The summed E-state index contributed by atoms with van der Waals surface area (Å²) in [5.74, 6) is 1.49. The minimum absolute atomic E-state index is 0.0748. The van der Waals surface area contributed by atoms with E-state index in [9.17, 15) is 4.79 Å². The molecule has 1 amide bonds. The summed E-state index contributed by atoms with van der Waals surface area (Å²) in [5, 5.41) is 12.4. The molecule has 1 N–H and O–H groups in total. The quantitative estimate of drug-likeness (QED) is 0.813. The fraction of sp³-hybridized carbons (Fsp3) is 0.429. The van der Waals surface area contributed by atoms with Gasteiger partial charge < -0.3 is 10.1 Å². The molecule has 7 heteroatoms. The molecule has 28 heavy (non-hydrogen) atoms. The fourth-order valence-corrected chi connectivity index (χ4v) is 3.41. The lowest BCUT2D eigenvalue weighted by atomic mass is 9.92. The Balaban J connectivity index is 1.49. The Hall–Kier alpha value is -2.65. The van der Waals surface area contributed by atoms with E-state index in [0.29, 0.717) is 21.9 Å². The number of carbonyl (C=O) groups is 1. The van der Waals surface area contributed by atoms with E-state index in [-0.39, 0.29) is 24.0 Å². The zero-order valence-electron chi connectivity index (χ0n) is 16.0. The van der Waals surface area contributed by atoms with Gasteiger partial charge in [-0.15, -0.1) is 0 Å². The number of hydrogen-bond acceptors (Lipinski definition) is 5. The Morgan fingerprint density at radius 1 is 1.25 bits per heavy atom. The van der Waals surface area contributed by atoms with Crippen molar-refractivity contribution in [3.63, 3.8) is 0 Å². The predicted octanol–water partition coefficient (Wildman–Crippen LogP) is 4.25. The largest absolute Gasteiger partial charge is 0.490 e. The summed E-state index contributed by atoms with van der Waals surface area (Å²) in [6.45, 7) is 4.03. The highest BCUT2D eigenvalue weighted by Crippen LogP contribution is 2.27. The lowest BCUT2D eigenvalue weighted by Gasteiger charge is -2.29. The van der Waals surface area contributed by atoms with Gasteiger partial charge in [-0.05, 0) is 37.8 Å². The Bertz CT molecular complexity index is 869. The molecular formula is C21H23ClN4O2. The first kappa shape index (κ1) is 20.1. The van der Waals surface area contributed by atoms with E-state index in [1.54, 1.807) is 30.6 Å². The van der Waals surface area contributed by atoms with Crippen molar-refractivity contribution in [3.8, 4) is 11.8 Å². The van der Waals surface area contributed by atoms with Crippen LogP contribution in [-0.4, -0.2) is 28.0 Å². The summed E-state index contributed by atoms with van der Waals surface area (Å²) in [6, 6.07) is 7.25. The van der Waals surface area contributed by atoms with Crippen LogP contribution in [0.5, 0.6) is 5.75 Å². The van der Waals surface area contributed by atoms with Gasteiger partial charge in [-0.2, -0.15) is 5.26 Å². The van der Waals surface area contributed by atoms with Crippen LogP contribution in [-0.2, 0) is 0 Å². The van der Waals surface area contributed by atoms with Gasteiger partial charge in [0.05, 0.1) is 22.3 Å². The van der Waals surface area contributed by atoms with Gasteiger partial charge in [-0.25, -0.2) is 9.97 Å². The van der Waals surface area contributed by atoms with Gasteiger partial charge in [0, 0.05) is 30.4 Å². The van der Waals surface area contributed by atoms with Crippen molar-refractivity contribution in [3.05, 3.63) is 52.6 Å². The summed E-state index contributed by atoms with van der Waals surface area (Å²) in [6.07, 6.45) is 6.60. The molecule has 0 bridgehead atoms. The predicted molar refractivity (Wildman–Crippen MR) is 106 cm³/mol. The number of rotatable bonds is 5. The van der Waals surface area contributed by atoms with E-state index in [0.717, 1.165) is 31.5 Å². The number of hydrogen-bond donors (Lipinski definition) is 1. The van der Waals surface area contributed by atoms with Crippen LogP contribution in [0.15, 0.2) is 30.6 Å². The average Bonchev–Trinajstić information content (AvgIpc) is 2.69. The number of benzene rings is 1. The van der Waals surface area contributed by atoms with E-state index in [2.05, 4.69) is 15.3 Å². The number of nitriles is 1. The monoisotopic (exact) mass is 398 g/mol. The van der Waals surface area contributed by atoms with Crippen molar-refractivity contribution < 1.29 is 9.53 Å². The molecule has 0 unspecified atom stereocenters. The molecule has 1 saturated carbocycles. The molecule has 1 aliphatic rings. The van der Waals surface area contributed by atoms with Gasteiger partial charge in [0.2, 0.25) is 0 Å². The molecule has 0 saturated heterocycles. The molecule has 2 aromatic rings. The van der Waals surface area contributed by atoms with Crippen LogP contribution in [0.2, 0.25) is 5.02 Å². The van der Waals surface area contributed by atoms with Crippen molar-refractivity contribution in [2.75, 3.05) is 0 Å². The summed E-state index contributed by atoms with van der Waals surface area (Å²) < 4.78 is 5.98. The third-order valence-corrected chi connectivity index (χ3v) is 5.14. The Morgan fingerprint density at radius 2 is 1.93 bits per heavy atom. The third-order valence-electron chi connectivity index (χ3n) is 4.82. The molecule has 1 aliphatic carbocycles. The number of nitrogens with one attached hydrogen (secondary N) is 1. The van der Waals surface area contributed by atoms with Crippen molar-refractivity contribution in [2.24, 2.45) is 0 Å². The second kappa shape index (κ2) is 9.03. The number of ether oxygens (including phenoxy) is 1. The second-order valence-corrected chi connectivity index (χ2v) is 7.71. The van der Waals surface area contributed by atoms with Crippen LogP contribution >= 0.6 is 11.6 Å². The first-order chi connectivity index (χ1) is 13.5. The van der Waals surface area contributed by atoms with Crippen molar-refractivity contribution in [1.29, 1.82) is 5.26 Å². The summed E-state index contributed by atoms with van der Waals surface area (Å²) in [7, 11) is 0. The lowest BCUT2D eigenvalue weighted by molar-refractivity contribution is 0.0893. The van der Waals surface area contributed by atoms with Gasteiger partial charge in [-0.1, -0.05) is 25.4 Å². The number of aromatic nitrogens is 2. The Labute approximate surface area is 169 Å². The van der Waals surface area contributed by atoms with Crippen LogP contribution in [0.1, 0.15) is 67.2 Å². The molecule has 0 atom stereocenters. The van der Waals surface area contributed by atoms with Crippen molar-refractivity contribution >= 4 is 17.5 Å². The molecule has 1 heterocycles. The van der Waals surface area contributed by atoms with Gasteiger partial charge in [-0.3, -0.25) is 4.79 Å². The molecule has 3 rings (SSSR count). The summed E-state index contributed by atoms with van der Waals surface area (Å²) in [4.78, 5) is 20.9. The second-order valence-electron chi connectivity index (χ2n) is 7.30.